The van der Waals surface area contributed by atoms with E-state index in [0.29, 0.717) is 11.3 Å². The average molecular weight is 516 g/mol. The SMILES string of the molecule is Cc1cc2c(ccc3c(-c4cc(C(C)(C)C)c5ccccc5c4C)[n+](C)ccc32)c(C2CCC(C)(C)CC2)n1. The number of pyridine rings is 2. The van der Waals surface area contributed by atoms with Gasteiger partial charge in [-0.3, -0.25) is 4.98 Å². The van der Waals surface area contributed by atoms with E-state index in [1.54, 1.807) is 0 Å². The summed E-state index contributed by atoms with van der Waals surface area (Å²) in [7, 11) is 2.19. The first-order valence-electron chi connectivity index (χ1n) is 14.7. The van der Waals surface area contributed by atoms with Crippen LogP contribution in [0.5, 0.6) is 0 Å². The highest BCUT2D eigenvalue weighted by Crippen LogP contribution is 2.45. The largest absolute Gasteiger partial charge is 0.257 e. The van der Waals surface area contributed by atoms with Crippen molar-refractivity contribution in [2.24, 2.45) is 12.5 Å². The van der Waals surface area contributed by atoms with Gasteiger partial charge in [0.05, 0.1) is 16.6 Å². The minimum atomic E-state index is 0.0458. The Balaban J connectivity index is 1.62. The Hall–Kier alpha value is -3.26. The summed E-state index contributed by atoms with van der Waals surface area (Å²) in [6, 6.07) is 20.7. The molecule has 1 fully saturated rings. The summed E-state index contributed by atoms with van der Waals surface area (Å²) in [6.45, 7) is 16.3. The molecule has 2 heteroatoms. The molecule has 2 aromatic heterocycles. The molecule has 6 rings (SSSR count). The van der Waals surface area contributed by atoms with Crippen LogP contribution in [0.3, 0.4) is 0 Å². The van der Waals surface area contributed by atoms with Crippen LogP contribution in [0.15, 0.2) is 60.8 Å². The second-order valence-electron chi connectivity index (χ2n) is 13.9. The van der Waals surface area contributed by atoms with E-state index in [1.165, 1.54) is 86.1 Å². The summed E-state index contributed by atoms with van der Waals surface area (Å²) in [4.78, 5) is 5.16. The quantitative estimate of drug-likeness (QED) is 0.169. The van der Waals surface area contributed by atoms with Gasteiger partial charge in [0, 0.05) is 28.5 Å². The van der Waals surface area contributed by atoms with Gasteiger partial charge in [0.2, 0.25) is 5.69 Å². The van der Waals surface area contributed by atoms with E-state index in [9.17, 15) is 0 Å². The molecule has 0 aliphatic heterocycles. The van der Waals surface area contributed by atoms with E-state index in [0.717, 1.165) is 5.69 Å². The van der Waals surface area contributed by atoms with Crippen LogP contribution in [0, 0.1) is 19.3 Å². The zero-order chi connectivity index (χ0) is 27.7. The summed E-state index contributed by atoms with van der Waals surface area (Å²) in [5, 5.41) is 8.03. The molecule has 0 radical (unpaired) electrons. The highest BCUT2D eigenvalue weighted by Gasteiger charge is 2.30. The number of hydrogen-bond donors (Lipinski definition) is 0. The van der Waals surface area contributed by atoms with E-state index in [4.69, 9.17) is 4.98 Å². The van der Waals surface area contributed by atoms with Gasteiger partial charge in [0.25, 0.3) is 0 Å². The normalized spacial score (nSPS) is 16.4. The molecule has 0 saturated heterocycles. The molecule has 1 saturated carbocycles. The molecule has 1 aliphatic carbocycles. The number of hydrogen-bond acceptors (Lipinski definition) is 1. The maximum Gasteiger partial charge on any atom is 0.220 e. The van der Waals surface area contributed by atoms with E-state index in [2.05, 4.69) is 121 Å². The summed E-state index contributed by atoms with van der Waals surface area (Å²) >= 11 is 0. The Morgan fingerprint density at radius 3 is 2.15 bits per heavy atom. The smallest absolute Gasteiger partial charge is 0.220 e. The molecule has 2 nitrogen and oxygen atoms in total. The third kappa shape index (κ3) is 4.42. The molecular weight excluding hydrogens is 472 g/mol. The lowest BCUT2D eigenvalue weighted by atomic mass is 9.71. The molecule has 0 amide bonds. The van der Waals surface area contributed by atoms with Crippen LogP contribution in [-0.2, 0) is 12.5 Å². The minimum Gasteiger partial charge on any atom is -0.257 e. The molecule has 0 N–H and O–H groups in total. The van der Waals surface area contributed by atoms with Gasteiger partial charge in [0.15, 0.2) is 6.20 Å². The lowest BCUT2D eigenvalue weighted by Gasteiger charge is -2.34. The van der Waals surface area contributed by atoms with Gasteiger partial charge in [-0.2, -0.15) is 0 Å². The number of aryl methyl sites for hydroxylation is 3. The monoisotopic (exact) mass is 515 g/mol. The molecule has 39 heavy (non-hydrogen) atoms. The standard InChI is InChI=1S/C37H43N2/c1-23-21-32-27-17-20-39(8)35(31-22-33(36(3,4)5)28-12-10-9-11-26(28)24(31)2)30(27)14-13-29(32)34(38-23)25-15-18-37(6,7)19-16-25/h9-14,17,20-22,25H,15-16,18-19H2,1-8H3/q+1. The Morgan fingerprint density at radius 1 is 0.795 bits per heavy atom. The summed E-state index contributed by atoms with van der Waals surface area (Å²) in [5.74, 6) is 0.550. The van der Waals surface area contributed by atoms with Gasteiger partial charge < -0.3 is 0 Å². The maximum absolute atomic E-state index is 5.16. The second-order valence-corrected chi connectivity index (χ2v) is 13.9. The van der Waals surface area contributed by atoms with Gasteiger partial charge in [0.1, 0.15) is 7.05 Å². The number of aromatic nitrogens is 2. The lowest BCUT2D eigenvalue weighted by molar-refractivity contribution is -0.659. The van der Waals surface area contributed by atoms with Crippen LogP contribution in [-0.4, -0.2) is 4.98 Å². The van der Waals surface area contributed by atoms with Gasteiger partial charge >= 0.3 is 0 Å². The van der Waals surface area contributed by atoms with Crippen molar-refractivity contribution >= 4 is 32.3 Å². The fourth-order valence-corrected chi connectivity index (χ4v) is 7.05. The summed E-state index contributed by atoms with van der Waals surface area (Å²) < 4.78 is 2.32. The van der Waals surface area contributed by atoms with Gasteiger partial charge in [-0.25, -0.2) is 4.57 Å². The highest BCUT2D eigenvalue weighted by molar-refractivity contribution is 6.12. The third-order valence-corrected chi connectivity index (χ3v) is 9.39. The van der Waals surface area contributed by atoms with Gasteiger partial charge in [-0.1, -0.05) is 65.0 Å². The minimum absolute atomic E-state index is 0.0458. The van der Waals surface area contributed by atoms with E-state index in [-0.39, 0.29) is 5.41 Å². The Morgan fingerprint density at radius 2 is 1.46 bits per heavy atom. The first-order valence-corrected chi connectivity index (χ1v) is 14.7. The van der Waals surface area contributed by atoms with Crippen molar-refractivity contribution in [2.75, 3.05) is 0 Å². The van der Waals surface area contributed by atoms with Crippen LogP contribution in [0.25, 0.3) is 43.6 Å². The van der Waals surface area contributed by atoms with Crippen LogP contribution >= 0.6 is 0 Å². The number of fused-ring (bicyclic) bond motifs is 4. The number of nitrogens with zero attached hydrogens (tertiary/aromatic N) is 2. The van der Waals surface area contributed by atoms with Gasteiger partial charge in [-0.05, 0) is 95.8 Å². The number of benzene rings is 3. The molecular formula is C37H43N2+. The van der Waals surface area contributed by atoms with E-state index < -0.39 is 0 Å². The predicted molar refractivity (Wildman–Crippen MR) is 167 cm³/mol. The zero-order valence-corrected chi connectivity index (χ0v) is 25.1. The molecule has 0 unspecified atom stereocenters. The van der Waals surface area contributed by atoms with Crippen LogP contribution in [0.2, 0.25) is 0 Å². The predicted octanol–water partition coefficient (Wildman–Crippen LogP) is 9.63. The molecule has 0 spiro atoms. The molecule has 5 aromatic rings. The van der Waals surface area contributed by atoms with Crippen molar-refractivity contribution in [1.29, 1.82) is 0 Å². The van der Waals surface area contributed by atoms with Crippen molar-refractivity contribution in [2.45, 2.75) is 85.5 Å². The molecule has 1 aliphatic rings. The number of rotatable bonds is 2. The zero-order valence-electron chi connectivity index (χ0n) is 25.1. The molecule has 0 bridgehead atoms. The molecule has 3 aromatic carbocycles. The van der Waals surface area contributed by atoms with Gasteiger partial charge in [-0.15, -0.1) is 0 Å². The first-order chi connectivity index (χ1) is 18.4. The first kappa shape index (κ1) is 26.0. The van der Waals surface area contributed by atoms with Crippen molar-refractivity contribution in [3.05, 3.63) is 83.3 Å². The topological polar surface area (TPSA) is 16.8 Å². The Labute approximate surface area is 234 Å². The fraction of sp³-hybridized carbons (Fsp3) is 0.405. The highest BCUT2D eigenvalue weighted by atomic mass is 14.9. The summed E-state index contributed by atoms with van der Waals surface area (Å²) in [6.07, 6.45) is 7.27. The van der Waals surface area contributed by atoms with Crippen molar-refractivity contribution in [1.82, 2.24) is 4.98 Å². The molecule has 0 atom stereocenters. The fourth-order valence-electron chi connectivity index (χ4n) is 7.05. The van der Waals surface area contributed by atoms with Crippen molar-refractivity contribution in [3.8, 4) is 11.3 Å². The second kappa shape index (κ2) is 9.15. The molecule has 200 valence electrons. The summed E-state index contributed by atoms with van der Waals surface area (Å²) in [5.41, 5.74) is 8.30. The Kier molecular flexibility index (Phi) is 6.10. The van der Waals surface area contributed by atoms with Crippen LogP contribution < -0.4 is 4.57 Å². The molecule has 2 heterocycles. The van der Waals surface area contributed by atoms with Crippen LogP contribution in [0.1, 0.15) is 88.7 Å². The van der Waals surface area contributed by atoms with Crippen LogP contribution in [0.4, 0.5) is 0 Å². The van der Waals surface area contributed by atoms with E-state index in [1.807, 2.05) is 0 Å². The lowest BCUT2D eigenvalue weighted by Crippen LogP contribution is -2.31. The van der Waals surface area contributed by atoms with E-state index >= 15 is 0 Å². The van der Waals surface area contributed by atoms with Crippen molar-refractivity contribution in [3.63, 3.8) is 0 Å². The average Bonchev–Trinajstić information content (AvgIpc) is 2.88. The van der Waals surface area contributed by atoms with Crippen molar-refractivity contribution < 1.29 is 4.57 Å². The Bertz CT molecular complexity index is 1740. The maximum atomic E-state index is 5.16. The third-order valence-electron chi connectivity index (χ3n) is 9.39.